The molecule has 0 saturated carbocycles. The van der Waals surface area contributed by atoms with Crippen LogP contribution in [0.25, 0.3) is 0 Å². The summed E-state index contributed by atoms with van der Waals surface area (Å²) in [7, 11) is 0. The first-order chi connectivity index (χ1) is 31.7. The van der Waals surface area contributed by atoms with Crippen molar-refractivity contribution in [3.63, 3.8) is 0 Å². The predicted octanol–water partition coefficient (Wildman–Crippen LogP) is 14.4. The number of hydrogen-bond donors (Lipinski definition) is 0. The van der Waals surface area contributed by atoms with Crippen molar-refractivity contribution in [3.05, 3.63) is 244 Å². The molecule has 0 amide bonds. The first-order valence-corrected chi connectivity index (χ1v) is 22.1. The number of aromatic nitrogens is 1. The third kappa shape index (κ3) is 5.41. The third-order valence-corrected chi connectivity index (χ3v) is 13.5. The summed E-state index contributed by atoms with van der Waals surface area (Å²) in [5.74, 6) is 1.31. The standard InChI is InChI=1S/C58H40N6/c59-37-46-55(61-47-25-9-1-17-38(47)33-39-18-2-10-26-48(39)61)56(62-49-27-11-3-19-40(49)34-41-20-4-12-28-50(41)62)58(64-53-31-15-7-23-44(53)36-45-24-8-16-32-54(45)64)60-57(46)63-51-29-13-5-21-42(51)35-43-22-6-14-30-52(43)63/h1-32H,33-36H2. The van der Waals surface area contributed by atoms with Crippen molar-refractivity contribution in [1.82, 2.24) is 4.98 Å². The lowest BCUT2D eigenvalue weighted by Gasteiger charge is -2.43. The normalized spacial score (nSPS) is 13.9. The Morgan fingerprint density at radius 3 is 0.812 bits per heavy atom. The zero-order chi connectivity index (χ0) is 42.3. The van der Waals surface area contributed by atoms with Gasteiger partial charge < -0.3 is 9.80 Å². The molecule has 5 heterocycles. The maximum Gasteiger partial charge on any atom is 0.166 e. The zero-order valence-corrected chi connectivity index (χ0v) is 35.0. The Kier molecular flexibility index (Phi) is 8.13. The summed E-state index contributed by atoms with van der Waals surface area (Å²) in [6.07, 6.45) is 3.14. The van der Waals surface area contributed by atoms with Gasteiger partial charge in [0.1, 0.15) is 17.3 Å². The number of nitriles is 1. The van der Waals surface area contributed by atoms with Gasteiger partial charge in [0.25, 0.3) is 0 Å². The molecule has 302 valence electrons. The summed E-state index contributed by atoms with van der Waals surface area (Å²) in [6, 6.07) is 72.3. The first-order valence-electron chi connectivity index (χ1n) is 22.1. The van der Waals surface area contributed by atoms with Crippen LogP contribution in [0.4, 0.5) is 68.5 Å². The average molecular weight is 821 g/mol. The fraction of sp³-hybridized carbons (Fsp3) is 0.0690. The molecule has 0 atom stereocenters. The lowest BCUT2D eigenvalue weighted by Crippen LogP contribution is -2.30. The molecule has 9 aromatic rings. The van der Waals surface area contributed by atoms with Gasteiger partial charge in [0, 0.05) is 48.4 Å². The summed E-state index contributed by atoms with van der Waals surface area (Å²) in [5.41, 5.74) is 20.0. The van der Waals surface area contributed by atoms with Crippen molar-refractivity contribution in [2.45, 2.75) is 25.7 Å². The lowest BCUT2D eigenvalue weighted by atomic mass is 9.91. The van der Waals surface area contributed by atoms with Gasteiger partial charge in [-0.25, -0.2) is 4.98 Å². The highest BCUT2D eigenvalue weighted by atomic mass is 15.3. The molecule has 1 aromatic heterocycles. The van der Waals surface area contributed by atoms with Crippen LogP contribution in [-0.2, 0) is 25.7 Å². The van der Waals surface area contributed by atoms with Crippen LogP contribution in [0.15, 0.2) is 194 Å². The molecule has 8 aromatic carbocycles. The molecule has 0 unspecified atom stereocenters. The Morgan fingerprint density at radius 2 is 0.531 bits per heavy atom. The van der Waals surface area contributed by atoms with Gasteiger partial charge in [0.05, 0.1) is 28.4 Å². The van der Waals surface area contributed by atoms with Gasteiger partial charge in [-0.15, -0.1) is 0 Å². The highest BCUT2D eigenvalue weighted by molar-refractivity contribution is 6.07. The van der Waals surface area contributed by atoms with E-state index in [9.17, 15) is 5.26 Å². The first kappa shape index (κ1) is 36.3. The summed E-state index contributed by atoms with van der Waals surface area (Å²) < 4.78 is 0. The highest BCUT2D eigenvalue weighted by Crippen LogP contribution is 2.60. The van der Waals surface area contributed by atoms with Crippen LogP contribution in [0.5, 0.6) is 0 Å². The van der Waals surface area contributed by atoms with E-state index in [1.54, 1.807) is 0 Å². The lowest BCUT2D eigenvalue weighted by molar-refractivity contribution is 1.01. The molecule has 0 radical (unpaired) electrons. The molecule has 0 N–H and O–H groups in total. The van der Waals surface area contributed by atoms with Crippen LogP contribution in [0, 0.1) is 11.3 Å². The van der Waals surface area contributed by atoms with Crippen molar-refractivity contribution < 1.29 is 0 Å². The van der Waals surface area contributed by atoms with E-state index in [0.717, 1.165) is 88.4 Å². The smallest absolute Gasteiger partial charge is 0.166 e. The molecule has 0 saturated heterocycles. The molecule has 0 fully saturated rings. The summed E-state index contributed by atoms with van der Waals surface area (Å²) in [6.45, 7) is 0. The van der Waals surface area contributed by atoms with Crippen LogP contribution in [0.1, 0.15) is 50.1 Å². The fourth-order valence-corrected chi connectivity index (χ4v) is 10.7. The van der Waals surface area contributed by atoms with Crippen molar-refractivity contribution >= 4 is 68.5 Å². The SMILES string of the molecule is N#Cc1c(N2c3ccccc3Cc3ccccc32)nc(N2c3ccccc3Cc3ccccc32)c(N2c3ccccc3Cc3ccccc32)c1N1c2ccccc2Cc2ccccc21. The van der Waals surface area contributed by atoms with E-state index in [1.807, 2.05) is 0 Å². The number of fused-ring (bicyclic) bond motifs is 8. The minimum absolute atomic E-state index is 0.482. The van der Waals surface area contributed by atoms with E-state index in [0.29, 0.717) is 11.4 Å². The van der Waals surface area contributed by atoms with Crippen LogP contribution in [0.3, 0.4) is 0 Å². The van der Waals surface area contributed by atoms with Crippen LogP contribution in [0.2, 0.25) is 0 Å². The number of para-hydroxylation sites is 8. The van der Waals surface area contributed by atoms with Crippen LogP contribution in [-0.4, -0.2) is 4.98 Å². The molecular weight excluding hydrogens is 781 g/mol. The van der Waals surface area contributed by atoms with Crippen LogP contribution < -0.4 is 19.6 Å². The van der Waals surface area contributed by atoms with Crippen molar-refractivity contribution in [2.75, 3.05) is 19.6 Å². The van der Waals surface area contributed by atoms with Crippen molar-refractivity contribution in [3.8, 4) is 6.07 Å². The number of pyridine rings is 1. The Morgan fingerprint density at radius 1 is 0.297 bits per heavy atom. The Hall–Kier alpha value is -8.40. The molecule has 0 aliphatic carbocycles. The van der Waals surface area contributed by atoms with E-state index >= 15 is 0 Å². The quantitative estimate of drug-likeness (QED) is 0.176. The molecule has 6 nitrogen and oxygen atoms in total. The largest absolute Gasteiger partial charge is 0.306 e. The predicted molar refractivity (Wildman–Crippen MR) is 259 cm³/mol. The van der Waals surface area contributed by atoms with Gasteiger partial charge >= 0.3 is 0 Å². The fourth-order valence-electron chi connectivity index (χ4n) is 10.7. The summed E-state index contributed by atoms with van der Waals surface area (Å²) in [5, 5.41) is 12.2. The topological polar surface area (TPSA) is 49.6 Å². The molecule has 0 spiro atoms. The maximum absolute atomic E-state index is 12.2. The van der Waals surface area contributed by atoms with Gasteiger partial charge in [0.2, 0.25) is 0 Å². The van der Waals surface area contributed by atoms with Crippen molar-refractivity contribution in [2.24, 2.45) is 0 Å². The Balaban J connectivity index is 1.26. The highest BCUT2D eigenvalue weighted by Gasteiger charge is 2.41. The summed E-state index contributed by atoms with van der Waals surface area (Å²) >= 11 is 0. The van der Waals surface area contributed by atoms with Crippen LogP contribution >= 0.6 is 0 Å². The average Bonchev–Trinajstić information content (AvgIpc) is 3.35. The van der Waals surface area contributed by atoms with Gasteiger partial charge in [-0.3, -0.25) is 9.80 Å². The number of rotatable bonds is 4. The van der Waals surface area contributed by atoms with Crippen molar-refractivity contribution in [1.29, 1.82) is 5.26 Å². The molecular formula is C58H40N6. The van der Waals surface area contributed by atoms with E-state index in [4.69, 9.17) is 4.98 Å². The number of benzene rings is 8. The Bertz CT molecular complexity index is 3240. The second-order valence-corrected chi connectivity index (χ2v) is 17.0. The second-order valence-electron chi connectivity index (χ2n) is 17.0. The Labute approximate surface area is 372 Å². The molecule has 0 bridgehead atoms. The molecule has 64 heavy (non-hydrogen) atoms. The van der Waals surface area contributed by atoms with E-state index < -0.39 is 0 Å². The van der Waals surface area contributed by atoms with E-state index in [-0.39, 0.29) is 0 Å². The van der Waals surface area contributed by atoms with E-state index in [2.05, 4.69) is 220 Å². The molecule has 4 aliphatic heterocycles. The summed E-state index contributed by atoms with van der Waals surface area (Å²) in [4.78, 5) is 15.5. The molecule has 4 aliphatic rings. The number of anilines is 12. The van der Waals surface area contributed by atoms with Gasteiger partial charge in [0.15, 0.2) is 11.6 Å². The third-order valence-electron chi connectivity index (χ3n) is 13.5. The maximum atomic E-state index is 12.2. The second kappa shape index (κ2) is 14.3. The van der Waals surface area contributed by atoms with Gasteiger partial charge in [-0.2, -0.15) is 5.26 Å². The minimum Gasteiger partial charge on any atom is -0.306 e. The van der Waals surface area contributed by atoms with Gasteiger partial charge in [-0.1, -0.05) is 146 Å². The molecule has 13 rings (SSSR count). The van der Waals surface area contributed by atoms with Gasteiger partial charge in [-0.05, 0) is 93.0 Å². The van der Waals surface area contributed by atoms with E-state index in [1.165, 1.54) is 44.5 Å². The zero-order valence-electron chi connectivity index (χ0n) is 35.0. The monoisotopic (exact) mass is 820 g/mol. The number of nitrogens with zero attached hydrogens (tertiary/aromatic N) is 6. The number of hydrogen-bond acceptors (Lipinski definition) is 6. The molecule has 6 heteroatoms. The minimum atomic E-state index is 0.482.